The van der Waals surface area contributed by atoms with Crippen LogP contribution in [0.5, 0.6) is 0 Å². The molecule has 1 N–H and O–H groups in total. The van der Waals surface area contributed by atoms with Crippen LogP contribution in [0.1, 0.15) is 38.7 Å². The zero-order chi connectivity index (χ0) is 13.7. The minimum atomic E-state index is 0.479. The van der Waals surface area contributed by atoms with Gasteiger partial charge in [-0.25, -0.2) is 0 Å². The predicted molar refractivity (Wildman–Crippen MR) is 83.9 cm³/mol. The molecule has 0 spiro atoms. The Bertz CT molecular complexity index is 394. The Morgan fingerprint density at radius 1 is 1.26 bits per heavy atom. The smallest absolute Gasteiger partial charge is 0.0396 e. The summed E-state index contributed by atoms with van der Waals surface area (Å²) in [5, 5.41) is 3.57. The SMILES string of the molecule is CCCC1(CN(CC)c2ccccc2C)CCNC1. The topological polar surface area (TPSA) is 15.3 Å². The number of rotatable bonds is 6. The van der Waals surface area contributed by atoms with Crippen LogP contribution in [0.15, 0.2) is 24.3 Å². The largest absolute Gasteiger partial charge is 0.371 e. The van der Waals surface area contributed by atoms with Gasteiger partial charge in [-0.15, -0.1) is 0 Å². The second-order valence-electron chi connectivity index (χ2n) is 5.98. The number of nitrogens with one attached hydrogen (secondary N) is 1. The number of benzene rings is 1. The van der Waals surface area contributed by atoms with E-state index in [9.17, 15) is 0 Å². The summed E-state index contributed by atoms with van der Waals surface area (Å²) in [6.45, 7) is 11.5. The van der Waals surface area contributed by atoms with Gasteiger partial charge in [0.15, 0.2) is 0 Å². The summed E-state index contributed by atoms with van der Waals surface area (Å²) >= 11 is 0. The molecule has 1 aromatic carbocycles. The molecule has 1 fully saturated rings. The van der Waals surface area contributed by atoms with Crippen molar-refractivity contribution >= 4 is 5.69 Å². The highest BCUT2D eigenvalue weighted by Gasteiger charge is 2.34. The molecule has 106 valence electrons. The van der Waals surface area contributed by atoms with Crippen molar-refractivity contribution in [3.8, 4) is 0 Å². The summed E-state index contributed by atoms with van der Waals surface area (Å²) in [7, 11) is 0. The molecule has 1 aromatic rings. The Morgan fingerprint density at radius 3 is 2.63 bits per heavy atom. The lowest BCUT2D eigenvalue weighted by atomic mass is 9.81. The van der Waals surface area contributed by atoms with E-state index in [0.29, 0.717) is 5.41 Å². The van der Waals surface area contributed by atoms with Gasteiger partial charge in [0.2, 0.25) is 0 Å². The van der Waals surface area contributed by atoms with Crippen LogP contribution in [0.4, 0.5) is 5.69 Å². The van der Waals surface area contributed by atoms with E-state index in [0.717, 1.165) is 6.54 Å². The molecule has 1 aliphatic rings. The fourth-order valence-corrected chi connectivity index (χ4v) is 3.44. The molecule has 19 heavy (non-hydrogen) atoms. The zero-order valence-corrected chi connectivity index (χ0v) is 12.7. The molecule has 2 rings (SSSR count). The van der Waals surface area contributed by atoms with Gasteiger partial charge in [0.1, 0.15) is 0 Å². The van der Waals surface area contributed by atoms with Crippen LogP contribution in [0.25, 0.3) is 0 Å². The second-order valence-corrected chi connectivity index (χ2v) is 5.98. The van der Waals surface area contributed by atoms with Crippen molar-refractivity contribution in [1.29, 1.82) is 0 Å². The van der Waals surface area contributed by atoms with Crippen LogP contribution < -0.4 is 10.2 Å². The predicted octanol–water partition coefficient (Wildman–Crippen LogP) is 3.60. The van der Waals surface area contributed by atoms with Crippen molar-refractivity contribution in [2.45, 2.75) is 40.0 Å². The van der Waals surface area contributed by atoms with E-state index in [1.165, 1.54) is 50.1 Å². The summed E-state index contributed by atoms with van der Waals surface area (Å²) in [4.78, 5) is 2.57. The number of aryl methyl sites for hydroxylation is 1. The van der Waals surface area contributed by atoms with Crippen molar-refractivity contribution in [2.75, 3.05) is 31.1 Å². The maximum absolute atomic E-state index is 3.57. The van der Waals surface area contributed by atoms with Crippen molar-refractivity contribution in [3.63, 3.8) is 0 Å². The van der Waals surface area contributed by atoms with Crippen LogP contribution in [0, 0.1) is 12.3 Å². The first kappa shape index (κ1) is 14.4. The van der Waals surface area contributed by atoms with Crippen LogP contribution in [-0.4, -0.2) is 26.2 Å². The lowest BCUT2D eigenvalue weighted by Gasteiger charge is -2.36. The molecule has 1 unspecified atom stereocenters. The molecule has 2 nitrogen and oxygen atoms in total. The van der Waals surface area contributed by atoms with Gasteiger partial charge in [0, 0.05) is 30.7 Å². The summed E-state index contributed by atoms with van der Waals surface area (Å²) in [5.74, 6) is 0. The fourth-order valence-electron chi connectivity index (χ4n) is 3.44. The van der Waals surface area contributed by atoms with Crippen molar-refractivity contribution in [2.24, 2.45) is 5.41 Å². The van der Waals surface area contributed by atoms with E-state index < -0.39 is 0 Å². The molecule has 1 heterocycles. The first-order chi connectivity index (χ1) is 9.21. The molecule has 2 heteroatoms. The molecular formula is C17H28N2. The van der Waals surface area contributed by atoms with Gasteiger partial charge in [0.25, 0.3) is 0 Å². The van der Waals surface area contributed by atoms with Gasteiger partial charge in [-0.05, 0) is 44.9 Å². The van der Waals surface area contributed by atoms with Gasteiger partial charge in [0.05, 0.1) is 0 Å². The van der Waals surface area contributed by atoms with E-state index in [1.54, 1.807) is 0 Å². The summed E-state index contributed by atoms with van der Waals surface area (Å²) in [6, 6.07) is 8.77. The number of para-hydroxylation sites is 1. The molecule has 0 bridgehead atoms. The van der Waals surface area contributed by atoms with Crippen LogP contribution >= 0.6 is 0 Å². The Hall–Kier alpha value is -1.02. The van der Waals surface area contributed by atoms with E-state index in [4.69, 9.17) is 0 Å². The molecular weight excluding hydrogens is 232 g/mol. The summed E-state index contributed by atoms with van der Waals surface area (Å²) in [6.07, 6.45) is 3.94. The molecule has 0 saturated carbocycles. The minimum absolute atomic E-state index is 0.479. The quantitative estimate of drug-likeness (QED) is 0.840. The highest BCUT2D eigenvalue weighted by Crippen LogP contribution is 2.34. The summed E-state index contributed by atoms with van der Waals surface area (Å²) in [5.41, 5.74) is 3.28. The van der Waals surface area contributed by atoms with Crippen LogP contribution in [0.3, 0.4) is 0 Å². The molecule has 0 amide bonds. The van der Waals surface area contributed by atoms with Crippen LogP contribution in [0.2, 0.25) is 0 Å². The number of hydrogen-bond acceptors (Lipinski definition) is 2. The number of hydrogen-bond donors (Lipinski definition) is 1. The van der Waals surface area contributed by atoms with Gasteiger partial charge < -0.3 is 10.2 Å². The summed E-state index contributed by atoms with van der Waals surface area (Å²) < 4.78 is 0. The van der Waals surface area contributed by atoms with E-state index in [1.807, 2.05) is 0 Å². The molecule has 0 radical (unpaired) electrons. The monoisotopic (exact) mass is 260 g/mol. The average molecular weight is 260 g/mol. The number of nitrogens with zero attached hydrogens (tertiary/aromatic N) is 1. The van der Waals surface area contributed by atoms with Gasteiger partial charge >= 0.3 is 0 Å². The first-order valence-electron chi connectivity index (χ1n) is 7.72. The first-order valence-corrected chi connectivity index (χ1v) is 7.72. The van der Waals surface area contributed by atoms with Crippen molar-refractivity contribution in [1.82, 2.24) is 5.32 Å². The maximum atomic E-state index is 3.57. The molecule has 1 saturated heterocycles. The Morgan fingerprint density at radius 2 is 2.05 bits per heavy atom. The van der Waals surface area contributed by atoms with E-state index in [-0.39, 0.29) is 0 Å². The zero-order valence-electron chi connectivity index (χ0n) is 12.7. The van der Waals surface area contributed by atoms with Crippen molar-refractivity contribution < 1.29 is 0 Å². The maximum Gasteiger partial charge on any atom is 0.0396 e. The molecule has 0 aromatic heterocycles. The lowest BCUT2D eigenvalue weighted by Crippen LogP contribution is -2.39. The molecule has 1 aliphatic heterocycles. The average Bonchev–Trinajstić information content (AvgIpc) is 2.86. The lowest BCUT2D eigenvalue weighted by molar-refractivity contribution is 0.296. The second kappa shape index (κ2) is 6.42. The minimum Gasteiger partial charge on any atom is -0.371 e. The Balaban J connectivity index is 2.16. The van der Waals surface area contributed by atoms with Gasteiger partial charge in [-0.1, -0.05) is 31.5 Å². The third-order valence-corrected chi connectivity index (χ3v) is 4.48. The molecule has 0 aliphatic carbocycles. The Kier molecular flexibility index (Phi) is 4.87. The standard InChI is InChI=1S/C17H28N2/c1-4-10-17(11-12-18-13-17)14-19(5-2)16-9-7-6-8-15(16)3/h6-9,18H,4-5,10-14H2,1-3H3. The highest BCUT2D eigenvalue weighted by molar-refractivity contribution is 5.53. The van der Waals surface area contributed by atoms with E-state index >= 15 is 0 Å². The normalized spacial score (nSPS) is 22.7. The third-order valence-electron chi connectivity index (χ3n) is 4.48. The van der Waals surface area contributed by atoms with Crippen molar-refractivity contribution in [3.05, 3.63) is 29.8 Å². The van der Waals surface area contributed by atoms with Gasteiger partial charge in [-0.3, -0.25) is 0 Å². The van der Waals surface area contributed by atoms with E-state index in [2.05, 4.69) is 55.3 Å². The van der Waals surface area contributed by atoms with Crippen LogP contribution in [-0.2, 0) is 0 Å². The highest BCUT2D eigenvalue weighted by atomic mass is 15.1. The number of anilines is 1. The molecule has 1 atom stereocenters. The third kappa shape index (κ3) is 3.30. The van der Waals surface area contributed by atoms with Gasteiger partial charge in [-0.2, -0.15) is 0 Å². The fraction of sp³-hybridized carbons (Fsp3) is 0.647. The Labute approximate surface area is 118 Å².